The Kier molecular flexibility index (Phi) is 7.38. The molecule has 0 aliphatic heterocycles. The average Bonchev–Trinajstić information content (AvgIpc) is 2.75. The van der Waals surface area contributed by atoms with E-state index in [-0.39, 0.29) is 0 Å². The summed E-state index contributed by atoms with van der Waals surface area (Å²) in [6, 6.07) is 0. The van der Waals surface area contributed by atoms with Crippen molar-refractivity contribution in [1.82, 2.24) is 15.3 Å². The number of unbranched alkanes of at least 4 members (excludes halogenated alkanes) is 3. The molecule has 0 saturated heterocycles. The minimum Gasteiger partial charge on any atom is -0.347 e. The second-order valence-electron chi connectivity index (χ2n) is 3.66. The van der Waals surface area contributed by atoms with Crippen LogP contribution in [-0.2, 0) is 6.54 Å². The smallest absolute Gasteiger partial charge is 0.0922 e. The molecule has 2 N–H and O–H groups in total. The summed E-state index contributed by atoms with van der Waals surface area (Å²) in [6.45, 7) is 2.02. The monoisotopic (exact) mass is 227 g/mol. The van der Waals surface area contributed by atoms with Crippen molar-refractivity contribution >= 4 is 11.8 Å². The zero-order valence-electron chi connectivity index (χ0n) is 9.46. The Morgan fingerprint density at radius 3 is 2.93 bits per heavy atom. The van der Waals surface area contributed by atoms with E-state index in [4.69, 9.17) is 0 Å². The predicted molar refractivity (Wildman–Crippen MR) is 67.1 cm³/mol. The summed E-state index contributed by atoms with van der Waals surface area (Å²) in [5.41, 5.74) is 1.16. The molecule has 0 spiro atoms. The summed E-state index contributed by atoms with van der Waals surface area (Å²) in [5.74, 6) is 1.31. The molecule has 4 heteroatoms. The lowest BCUT2D eigenvalue weighted by molar-refractivity contribution is 0.596. The lowest BCUT2D eigenvalue weighted by Gasteiger charge is -2.02. The third-order valence-electron chi connectivity index (χ3n) is 2.32. The Labute approximate surface area is 96.5 Å². The highest BCUT2D eigenvalue weighted by Crippen LogP contribution is 2.03. The number of aromatic amines is 1. The van der Waals surface area contributed by atoms with Gasteiger partial charge in [-0.3, -0.25) is 0 Å². The first-order valence-electron chi connectivity index (χ1n) is 5.60. The molecule has 0 amide bonds. The van der Waals surface area contributed by atoms with Crippen LogP contribution in [0.25, 0.3) is 0 Å². The third-order valence-corrected chi connectivity index (χ3v) is 3.02. The molecule has 3 nitrogen and oxygen atoms in total. The average molecular weight is 227 g/mol. The van der Waals surface area contributed by atoms with Crippen molar-refractivity contribution in [2.24, 2.45) is 0 Å². The van der Waals surface area contributed by atoms with Crippen LogP contribution in [-0.4, -0.2) is 28.5 Å². The van der Waals surface area contributed by atoms with Gasteiger partial charge in [-0.05, 0) is 31.4 Å². The van der Waals surface area contributed by atoms with Crippen LogP contribution in [0.4, 0.5) is 0 Å². The number of aromatic nitrogens is 2. The molecule has 86 valence electrons. The van der Waals surface area contributed by atoms with E-state index < -0.39 is 0 Å². The molecule has 0 unspecified atom stereocenters. The van der Waals surface area contributed by atoms with Gasteiger partial charge in [0.25, 0.3) is 0 Å². The second kappa shape index (κ2) is 8.80. The molecule has 1 aromatic rings. The van der Waals surface area contributed by atoms with Gasteiger partial charge < -0.3 is 10.3 Å². The zero-order chi connectivity index (χ0) is 10.8. The quantitative estimate of drug-likeness (QED) is 0.637. The van der Waals surface area contributed by atoms with E-state index in [0.717, 1.165) is 18.8 Å². The Morgan fingerprint density at radius 2 is 2.20 bits per heavy atom. The maximum atomic E-state index is 3.97. The molecule has 0 atom stereocenters. The van der Waals surface area contributed by atoms with Crippen molar-refractivity contribution in [1.29, 1.82) is 0 Å². The fourth-order valence-electron chi connectivity index (χ4n) is 1.45. The minimum atomic E-state index is 0.908. The first kappa shape index (κ1) is 12.6. The Balaban J connectivity index is 1.81. The van der Waals surface area contributed by atoms with Crippen molar-refractivity contribution in [3.05, 3.63) is 18.2 Å². The van der Waals surface area contributed by atoms with Crippen LogP contribution in [0, 0.1) is 0 Å². The number of H-pyrrole nitrogens is 1. The maximum absolute atomic E-state index is 3.97. The van der Waals surface area contributed by atoms with Gasteiger partial charge in [-0.15, -0.1) is 0 Å². The molecule has 15 heavy (non-hydrogen) atoms. The maximum Gasteiger partial charge on any atom is 0.0922 e. The molecule has 1 rings (SSSR count). The number of thioether (sulfide) groups is 1. The van der Waals surface area contributed by atoms with Crippen molar-refractivity contribution in [3.63, 3.8) is 0 Å². The fraction of sp³-hybridized carbons (Fsp3) is 0.727. The van der Waals surface area contributed by atoms with Crippen LogP contribution >= 0.6 is 11.8 Å². The van der Waals surface area contributed by atoms with Crippen molar-refractivity contribution in [3.8, 4) is 0 Å². The molecule has 0 saturated carbocycles. The molecule has 1 aromatic heterocycles. The van der Waals surface area contributed by atoms with Gasteiger partial charge in [0.2, 0.25) is 0 Å². The topological polar surface area (TPSA) is 40.7 Å². The number of nitrogens with zero attached hydrogens (tertiary/aromatic N) is 1. The molecule has 0 fully saturated rings. The molecular formula is C11H21N3S. The minimum absolute atomic E-state index is 0.908. The summed E-state index contributed by atoms with van der Waals surface area (Å²) in [7, 11) is 0. The van der Waals surface area contributed by atoms with Crippen LogP contribution in [0.1, 0.15) is 31.4 Å². The number of rotatable bonds is 9. The van der Waals surface area contributed by atoms with Crippen LogP contribution < -0.4 is 5.32 Å². The molecule has 0 aliphatic carbocycles. The second-order valence-corrected chi connectivity index (χ2v) is 4.65. The van der Waals surface area contributed by atoms with Gasteiger partial charge in [0.1, 0.15) is 0 Å². The third kappa shape index (κ3) is 6.57. The number of imidazole rings is 1. The van der Waals surface area contributed by atoms with E-state index in [2.05, 4.69) is 21.5 Å². The van der Waals surface area contributed by atoms with Crippen molar-refractivity contribution in [2.45, 2.75) is 32.2 Å². The summed E-state index contributed by atoms with van der Waals surface area (Å²) in [5, 5.41) is 3.40. The van der Waals surface area contributed by atoms with E-state index in [1.807, 2.05) is 18.0 Å². The van der Waals surface area contributed by atoms with Gasteiger partial charge in [0.05, 0.1) is 6.33 Å². The summed E-state index contributed by atoms with van der Waals surface area (Å²) in [6.07, 6.45) is 11.1. The lowest BCUT2D eigenvalue weighted by Crippen LogP contribution is -2.14. The zero-order valence-corrected chi connectivity index (χ0v) is 10.3. The van der Waals surface area contributed by atoms with E-state index in [0.29, 0.717) is 0 Å². The van der Waals surface area contributed by atoms with Crippen LogP contribution in [0.3, 0.4) is 0 Å². The highest BCUT2D eigenvalue weighted by Gasteiger charge is 1.93. The molecular weight excluding hydrogens is 206 g/mol. The Hall–Kier alpha value is -0.480. The molecule has 0 bridgehead atoms. The van der Waals surface area contributed by atoms with E-state index >= 15 is 0 Å². The molecule has 0 aliphatic rings. The van der Waals surface area contributed by atoms with Gasteiger partial charge in [0.15, 0.2) is 0 Å². The van der Waals surface area contributed by atoms with Gasteiger partial charge in [-0.25, -0.2) is 4.98 Å². The van der Waals surface area contributed by atoms with Gasteiger partial charge in [-0.1, -0.05) is 12.8 Å². The summed E-state index contributed by atoms with van der Waals surface area (Å²) >= 11 is 1.94. The highest BCUT2D eigenvalue weighted by atomic mass is 32.2. The predicted octanol–water partition coefficient (Wildman–Crippen LogP) is 2.42. The standard InChI is InChI=1S/C11H21N3S/c1-15-7-5-3-2-4-6-12-8-11-9-13-10-14-11/h9-10,12H,2-8H2,1H3,(H,13,14). The van der Waals surface area contributed by atoms with E-state index in [1.54, 1.807) is 6.33 Å². The number of hydrogen-bond donors (Lipinski definition) is 2. The molecule has 0 aromatic carbocycles. The van der Waals surface area contributed by atoms with Gasteiger partial charge in [0, 0.05) is 18.4 Å². The van der Waals surface area contributed by atoms with Crippen LogP contribution in [0.5, 0.6) is 0 Å². The first-order valence-corrected chi connectivity index (χ1v) is 7.00. The fourth-order valence-corrected chi connectivity index (χ4v) is 1.95. The normalized spacial score (nSPS) is 10.7. The first-order chi connectivity index (χ1) is 7.43. The number of hydrogen-bond acceptors (Lipinski definition) is 3. The highest BCUT2D eigenvalue weighted by molar-refractivity contribution is 7.98. The van der Waals surface area contributed by atoms with Gasteiger partial charge in [-0.2, -0.15) is 11.8 Å². The SMILES string of the molecule is CSCCCCCCNCc1cnc[nH]1. The molecule has 0 radical (unpaired) electrons. The number of nitrogens with one attached hydrogen (secondary N) is 2. The van der Waals surface area contributed by atoms with E-state index in [1.165, 1.54) is 31.4 Å². The largest absolute Gasteiger partial charge is 0.347 e. The van der Waals surface area contributed by atoms with Gasteiger partial charge >= 0.3 is 0 Å². The van der Waals surface area contributed by atoms with Crippen molar-refractivity contribution in [2.75, 3.05) is 18.6 Å². The Morgan fingerprint density at radius 1 is 1.33 bits per heavy atom. The van der Waals surface area contributed by atoms with Crippen LogP contribution in [0.2, 0.25) is 0 Å². The lowest BCUT2D eigenvalue weighted by atomic mass is 10.2. The van der Waals surface area contributed by atoms with Crippen LogP contribution in [0.15, 0.2) is 12.5 Å². The van der Waals surface area contributed by atoms with E-state index in [9.17, 15) is 0 Å². The summed E-state index contributed by atoms with van der Waals surface area (Å²) < 4.78 is 0. The summed E-state index contributed by atoms with van der Waals surface area (Å²) in [4.78, 5) is 7.05. The van der Waals surface area contributed by atoms with Crippen molar-refractivity contribution < 1.29 is 0 Å². The molecule has 1 heterocycles. The Bertz CT molecular complexity index is 224.